The van der Waals surface area contributed by atoms with Gasteiger partial charge in [-0.05, 0) is 24.3 Å². The van der Waals surface area contributed by atoms with Crippen molar-refractivity contribution in [2.24, 2.45) is 0 Å². The Bertz CT molecular complexity index is 513. The van der Waals surface area contributed by atoms with E-state index < -0.39 is 0 Å². The van der Waals surface area contributed by atoms with Crippen molar-refractivity contribution >= 4 is 27.9 Å². The van der Waals surface area contributed by atoms with Crippen molar-refractivity contribution in [3.8, 4) is 5.75 Å². The van der Waals surface area contributed by atoms with Crippen LogP contribution in [0.15, 0.2) is 28.7 Å². The van der Waals surface area contributed by atoms with Gasteiger partial charge < -0.3 is 19.9 Å². The van der Waals surface area contributed by atoms with Crippen LogP contribution in [0.5, 0.6) is 5.75 Å². The number of amides is 3. The average molecular weight is 370 g/mol. The van der Waals surface area contributed by atoms with Gasteiger partial charge in [-0.15, -0.1) is 0 Å². The number of halogens is 1. The predicted molar refractivity (Wildman–Crippen MR) is 86.9 cm³/mol. The lowest BCUT2D eigenvalue weighted by Gasteiger charge is -2.34. The highest BCUT2D eigenvalue weighted by Crippen LogP contribution is 2.15. The molecule has 1 N–H and O–H groups in total. The molecular formula is C15H20BrN3O3. The van der Waals surface area contributed by atoms with E-state index in [0.29, 0.717) is 39.3 Å². The first-order valence-electron chi connectivity index (χ1n) is 7.23. The molecule has 3 amide bonds. The first-order chi connectivity index (χ1) is 10.6. The van der Waals surface area contributed by atoms with Gasteiger partial charge in [0.1, 0.15) is 12.4 Å². The van der Waals surface area contributed by atoms with E-state index in [0.717, 1.165) is 10.2 Å². The van der Waals surface area contributed by atoms with Gasteiger partial charge in [0.2, 0.25) is 5.91 Å². The maximum Gasteiger partial charge on any atom is 0.317 e. The Hall–Kier alpha value is -1.76. The number of hydrogen-bond donors (Lipinski definition) is 1. The number of hydrogen-bond acceptors (Lipinski definition) is 3. The van der Waals surface area contributed by atoms with Crippen LogP contribution in [-0.4, -0.2) is 61.1 Å². The predicted octanol–water partition coefficient (Wildman–Crippen LogP) is 1.70. The monoisotopic (exact) mass is 369 g/mol. The minimum Gasteiger partial charge on any atom is -0.492 e. The maximum absolute atomic E-state index is 12.0. The molecule has 0 atom stereocenters. The Morgan fingerprint density at radius 3 is 2.32 bits per heavy atom. The van der Waals surface area contributed by atoms with E-state index in [9.17, 15) is 9.59 Å². The standard InChI is InChI=1S/C15H20BrN3O3/c1-12(20)18-7-9-19(10-8-18)15(21)17-6-11-22-14-4-2-13(16)3-5-14/h2-5H,6-11H2,1H3,(H,17,21). The Labute approximate surface area is 138 Å². The molecule has 1 heterocycles. The lowest BCUT2D eigenvalue weighted by molar-refractivity contribution is -0.130. The van der Waals surface area contributed by atoms with Crippen molar-refractivity contribution in [3.05, 3.63) is 28.7 Å². The Morgan fingerprint density at radius 1 is 1.14 bits per heavy atom. The zero-order valence-electron chi connectivity index (χ0n) is 12.5. The summed E-state index contributed by atoms with van der Waals surface area (Å²) in [6.07, 6.45) is 0. The van der Waals surface area contributed by atoms with E-state index in [1.807, 2.05) is 24.3 Å². The zero-order valence-corrected chi connectivity index (χ0v) is 14.1. The van der Waals surface area contributed by atoms with Gasteiger partial charge in [-0.1, -0.05) is 15.9 Å². The number of rotatable bonds is 4. The van der Waals surface area contributed by atoms with Gasteiger partial charge in [-0.3, -0.25) is 4.79 Å². The molecule has 0 radical (unpaired) electrons. The molecule has 1 aliphatic heterocycles. The Balaban J connectivity index is 1.64. The number of nitrogens with zero attached hydrogens (tertiary/aromatic N) is 2. The van der Waals surface area contributed by atoms with E-state index in [4.69, 9.17) is 4.74 Å². The highest BCUT2D eigenvalue weighted by Gasteiger charge is 2.21. The molecule has 1 aromatic carbocycles. The fourth-order valence-electron chi connectivity index (χ4n) is 2.19. The van der Waals surface area contributed by atoms with Crippen molar-refractivity contribution in [2.75, 3.05) is 39.3 Å². The van der Waals surface area contributed by atoms with Crippen LogP contribution >= 0.6 is 15.9 Å². The highest BCUT2D eigenvalue weighted by molar-refractivity contribution is 9.10. The molecule has 0 bridgehead atoms. The first kappa shape index (κ1) is 16.6. The third-order valence-electron chi connectivity index (χ3n) is 3.47. The second kappa shape index (κ2) is 8.03. The fraction of sp³-hybridized carbons (Fsp3) is 0.467. The third-order valence-corrected chi connectivity index (χ3v) is 4.00. The van der Waals surface area contributed by atoms with Crippen molar-refractivity contribution in [1.82, 2.24) is 15.1 Å². The molecule has 6 nitrogen and oxygen atoms in total. The summed E-state index contributed by atoms with van der Waals surface area (Å²) in [5.41, 5.74) is 0. The van der Waals surface area contributed by atoms with Crippen LogP contribution < -0.4 is 10.1 Å². The SMILES string of the molecule is CC(=O)N1CCN(C(=O)NCCOc2ccc(Br)cc2)CC1. The molecule has 1 aromatic rings. The molecule has 0 saturated carbocycles. The topological polar surface area (TPSA) is 61.9 Å². The largest absolute Gasteiger partial charge is 0.492 e. The summed E-state index contributed by atoms with van der Waals surface area (Å²) in [5, 5.41) is 2.83. The molecule has 7 heteroatoms. The number of carbonyl (C=O) groups excluding carboxylic acids is 2. The van der Waals surface area contributed by atoms with E-state index in [-0.39, 0.29) is 11.9 Å². The molecule has 2 rings (SSSR count). The number of carbonyl (C=O) groups is 2. The lowest BCUT2D eigenvalue weighted by Crippen LogP contribution is -2.53. The zero-order chi connectivity index (χ0) is 15.9. The van der Waals surface area contributed by atoms with E-state index >= 15 is 0 Å². The number of ether oxygens (including phenoxy) is 1. The molecule has 22 heavy (non-hydrogen) atoms. The van der Waals surface area contributed by atoms with Crippen molar-refractivity contribution in [3.63, 3.8) is 0 Å². The van der Waals surface area contributed by atoms with Gasteiger partial charge in [-0.25, -0.2) is 4.79 Å². The van der Waals surface area contributed by atoms with Gasteiger partial charge in [0.25, 0.3) is 0 Å². The summed E-state index contributed by atoms with van der Waals surface area (Å²) < 4.78 is 6.54. The van der Waals surface area contributed by atoms with E-state index in [1.54, 1.807) is 16.7 Å². The normalized spacial score (nSPS) is 14.6. The molecule has 0 unspecified atom stereocenters. The van der Waals surface area contributed by atoms with Gasteiger partial charge in [0, 0.05) is 37.6 Å². The van der Waals surface area contributed by atoms with Crippen molar-refractivity contribution in [1.29, 1.82) is 0 Å². The number of nitrogens with one attached hydrogen (secondary N) is 1. The molecule has 1 aliphatic rings. The molecule has 0 aliphatic carbocycles. The fourth-order valence-corrected chi connectivity index (χ4v) is 2.46. The van der Waals surface area contributed by atoms with Gasteiger partial charge in [0.05, 0.1) is 6.54 Å². The van der Waals surface area contributed by atoms with Crippen LogP contribution in [0.2, 0.25) is 0 Å². The third kappa shape index (κ3) is 4.91. The van der Waals surface area contributed by atoms with Crippen LogP contribution in [0.3, 0.4) is 0 Å². The first-order valence-corrected chi connectivity index (χ1v) is 8.02. The summed E-state index contributed by atoms with van der Waals surface area (Å²) in [4.78, 5) is 26.7. The highest BCUT2D eigenvalue weighted by atomic mass is 79.9. The number of piperazine rings is 1. The number of benzene rings is 1. The molecular weight excluding hydrogens is 350 g/mol. The summed E-state index contributed by atoms with van der Waals surface area (Å²) in [6.45, 7) is 4.74. The van der Waals surface area contributed by atoms with Crippen LogP contribution in [-0.2, 0) is 4.79 Å². The minimum atomic E-state index is -0.109. The lowest BCUT2D eigenvalue weighted by atomic mass is 10.3. The molecule has 0 spiro atoms. The number of urea groups is 1. The van der Waals surface area contributed by atoms with E-state index in [2.05, 4.69) is 21.2 Å². The molecule has 0 aromatic heterocycles. The quantitative estimate of drug-likeness (QED) is 0.821. The minimum absolute atomic E-state index is 0.0583. The molecule has 120 valence electrons. The maximum atomic E-state index is 12.0. The van der Waals surface area contributed by atoms with Crippen LogP contribution in [0.1, 0.15) is 6.92 Å². The second-order valence-corrected chi connectivity index (χ2v) is 5.94. The molecule has 1 fully saturated rings. The summed E-state index contributed by atoms with van der Waals surface area (Å²) >= 11 is 3.36. The van der Waals surface area contributed by atoms with E-state index in [1.165, 1.54) is 0 Å². The van der Waals surface area contributed by atoms with Gasteiger partial charge in [0.15, 0.2) is 0 Å². The summed E-state index contributed by atoms with van der Waals surface area (Å²) in [6, 6.07) is 7.44. The van der Waals surface area contributed by atoms with Gasteiger partial charge >= 0.3 is 6.03 Å². The van der Waals surface area contributed by atoms with Crippen molar-refractivity contribution < 1.29 is 14.3 Å². The van der Waals surface area contributed by atoms with Crippen LogP contribution in [0, 0.1) is 0 Å². The molecule has 1 saturated heterocycles. The average Bonchev–Trinajstić information content (AvgIpc) is 2.53. The van der Waals surface area contributed by atoms with Crippen LogP contribution in [0.4, 0.5) is 4.79 Å². The summed E-state index contributed by atoms with van der Waals surface area (Å²) in [7, 11) is 0. The van der Waals surface area contributed by atoms with Gasteiger partial charge in [-0.2, -0.15) is 0 Å². The summed E-state index contributed by atoms with van der Waals surface area (Å²) in [5.74, 6) is 0.829. The second-order valence-electron chi connectivity index (χ2n) is 5.03. The smallest absolute Gasteiger partial charge is 0.317 e. The Morgan fingerprint density at radius 2 is 1.73 bits per heavy atom. The van der Waals surface area contributed by atoms with Crippen LogP contribution in [0.25, 0.3) is 0 Å². The van der Waals surface area contributed by atoms with Crippen molar-refractivity contribution in [2.45, 2.75) is 6.92 Å². The Kier molecular flexibility index (Phi) is 6.06.